The van der Waals surface area contributed by atoms with Crippen molar-refractivity contribution in [1.29, 1.82) is 0 Å². The van der Waals surface area contributed by atoms with Crippen molar-refractivity contribution in [1.82, 2.24) is 9.88 Å². The summed E-state index contributed by atoms with van der Waals surface area (Å²) in [6, 6.07) is 1.94. The van der Waals surface area contributed by atoms with Gasteiger partial charge in [-0.1, -0.05) is 0 Å². The molecular weight excluding hydrogens is 308 g/mol. The monoisotopic (exact) mass is 324 g/mol. The largest absolute Gasteiger partial charge is 0.480 e. The second kappa shape index (κ2) is 5.95. The molecule has 0 unspecified atom stereocenters. The van der Waals surface area contributed by atoms with Crippen LogP contribution in [0.3, 0.4) is 0 Å². The Bertz CT molecular complexity index is 647. The third kappa shape index (κ3) is 2.98. The predicted molar refractivity (Wildman–Crippen MR) is 83.9 cm³/mol. The molecule has 7 heteroatoms. The van der Waals surface area contributed by atoms with Gasteiger partial charge in [0, 0.05) is 22.9 Å². The van der Waals surface area contributed by atoms with E-state index in [1.165, 1.54) is 30.1 Å². The second-order valence-electron chi connectivity index (χ2n) is 4.96. The zero-order chi connectivity index (χ0) is 15.6. The molecule has 5 nitrogen and oxygen atoms in total. The van der Waals surface area contributed by atoms with Crippen LogP contribution >= 0.6 is 22.7 Å². The number of carboxylic acids is 1. The molecule has 2 aromatic rings. The quantitative estimate of drug-likeness (QED) is 0.917. The summed E-state index contributed by atoms with van der Waals surface area (Å²) in [5, 5.41) is 15.6. The van der Waals surface area contributed by atoms with Gasteiger partial charge in [-0.15, -0.1) is 11.3 Å². The van der Waals surface area contributed by atoms with E-state index in [-0.39, 0.29) is 11.6 Å². The van der Waals surface area contributed by atoms with Crippen LogP contribution in [0.15, 0.2) is 22.2 Å². The first-order valence-corrected chi connectivity index (χ1v) is 8.23. The number of carbonyl (C=O) groups is 2. The van der Waals surface area contributed by atoms with Gasteiger partial charge >= 0.3 is 5.97 Å². The zero-order valence-corrected chi connectivity index (χ0v) is 13.6. The lowest BCUT2D eigenvalue weighted by molar-refractivity contribution is -0.147. The van der Waals surface area contributed by atoms with Crippen LogP contribution < -0.4 is 0 Å². The highest BCUT2D eigenvalue weighted by molar-refractivity contribution is 7.14. The van der Waals surface area contributed by atoms with Crippen LogP contribution in [0.4, 0.5) is 0 Å². The highest BCUT2D eigenvalue weighted by atomic mass is 32.1. The number of aliphatic carboxylic acids is 1. The fourth-order valence-electron chi connectivity index (χ4n) is 1.94. The summed E-state index contributed by atoms with van der Waals surface area (Å²) < 4.78 is 0. The summed E-state index contributed by atoms with van der Waals surface area (Å²) in [7, 11) is 0. The van der Waals surface area contributed by atoms with Crippen LogP contribution in [0.1, 0.15) is 31.3 Å². The molecule has 2 rings (SSSR count). The van der Waals surface area contributed by atoms with Gasteiger partial charge in [0.1, 0.15) is 16.2 Å². The van der Waals surface area contributed by atoms with Gasteiger partial charge in [-0.05, 0) is 32.2 Å². The molecular formula is C14H16N2O3S2. The second-order valence-corrected chi connectivity index (χ2v) is 6.60. The number of rotatable bonds is 5. The minimum absolute atomic E-state index is 0.289. The van der Waals surface area contributed by atoms with Gasteiger partial charge in [-0.25, -0.2) is 9.78 Å². The van der Waals surface area contributed by atoms with Gasteiger partial charge < -0.3 is 10.0 Å². The molecule has 2 aromatic heterocycles. The average Bonchev–Trinajstić information content (AvgIpc) is 3.10. The molecule has 0 spiro atoms. The highest BCUT2D eigenvalue weighted by Gasteiger charge is 2.38. The number of carbonyl (C=O) groups excluding carboxylic acids is 1. The van der Waals surface area contributed by atoms with E-state index < -0.39 is 11.5 Å². The number of hydrogen-bond acceptors (Lipinski definition) is 5. The van der Waals surface area contributed by atoms with Gasteiger partial charge in [0.15, 0.2) is 0 Å². The third-order valence-corrected chi connectivity index (χ3v) is 4.83. The Morgan fingerprint density at radius 2 is 2.10 bits per heavy atom. The smallest absolute Gasteiger partial charge is 0.329 e. The Morgan fingerprint density at radius 1 is 1.38 bits per heavy atom. The lowest BCUT2D eigenvalue weighted by Gasteiger charge is -2.33. The third-order valence-electron chi connectivity index (χ3n) is 3.25. The summed E-state index contributed by atoms with van der Waals surface area (Å²) in [5.41, 5.74) is -0.000167. The molecule has 0 saturated heterocycles. The molecule has 0 radical (unpaired) electrons. The van der Waals surface area contributed by atoms with E-state index in [1.807, 2.05) is 16.8 Å². The van der Waals surface area contributed by atoms with Crippen molar-refractivity contribution in [2.24, 2.45) is 0 Å². The van der Waals surface area contributed by atoms with Gasteiger partial charge in [-0.2, -0.15) is 11.3 Å². The number of likely N-dealkylation sites (N-methyl/N-ethyl adjacent to an activating group) is 1. The number of thiophene rings is 1. The number of carboxylic acid groups (broad SMARTS) is 1. The molecule has 0 bridgehead atoms. The summed E-state index contributed by atoms with van der Waals surface area (Å²) in [6.07, 6.45) is 0. The van der Waals surface area contributed by atoms with Crippen molar-refractivity contribution < 1.29 is 14.7 Å². The van der Waals surface area contributed by atoms with Crippen LogP contribution in [0.5, 0.6) is 0 Å². The van der Waals surface area contributed by atoms with Gasteiger partial charge in [0.2, 0.25) is 0 Å². The van der Waals surface area contributed by atoms with E-state index >= 15 is 0 Å². The van der Waals surface area contributed by atoms with E-state index in [2.05, 4.69) is 4.98 Å². The summed E-state index contributed by atoms with van der Waals surface area (Å²) in [6.45, 7) is 5.10. The summed E-state index contributed by atoms with van der Waals surface area (Å²) in [5.74, 6) is -1.39. The fourth-order valence-corrected chi connectivity index (χ4v) is 3.44. The Morgan fingerprint density at radius 3 is 2.62 bits per heavy atom. The van der Waals surface area contributed by atoms with Gasteiger partial charge in [0.05, 0.1) is 0 Å². The van der Waals surface area contributed by atoms with E-state index in [0.717, 1.165) is 10.6 Å². The number of thiazole rings is 1. The zero-order valence-electron chi connectivity index (χ0n) is 12.0. The Hall–Kier alpha value is -1.73. The molecule has 21 heavy (non-hydrogen) atoms. The molecule has 112 valence electrons. The van der Waals surface area contributed by atoms with Gasteiger partial charge in [0.25, 0.3) is 5.91 Å². The molecule has 0 aliphatic heterocycles. The van der Waals surface area contributed by atoms with Crippen LogP contribution in [0.2, 0.25) is 0 Å². The number of amides is 1. The average molecular weight is 324 g/mol. The molecule has 2 heterocycles. The van der Waals surface area contributed by atoms with Crippen molar-refractivity contribution in [3.8, 4) is 10.6 Å². The van der Waals surface area contributed by atoms with E-state index in [4.69, 9.17) is 0 Å². The minimum Gasteiger partial charge on any atom is -0.480 e. The fraction of sp³-hybridized carbons (Fsp3) is 0.357. The first-order valence-electron chi connectivity index (χ1n) is 6.41. The lowest BCUT2D eigenvalue weighted by atomic mass is 10.0. The molecule has 0 aromatic carbocycles. The van der Waals surface area contributed by atoms with Crippen LogP contribution in [0, 0.1) is 0 Å². The molecule has 0 aliphatic rings. The number of aromatic nitrogens is 1. The van der Waals surface area contributed by atoms with Crippen molar-refractivity contribution in [2.75, 3.05) is 6.54 Å². The van der Waals surface area contributed by atoms with Crippen molar-refractivity contribution >= 4 is 34.6 Å². The topological polar surface area (TPSA) is 70.5 Å². The first-order chi connectivity index (χ1) is 9.87. The van der Waals surface area contributed by atoms with Crippen LogP contribution in [0.25, 0.3) is 10.6 Å². The minimum atomic E-state index is -1.27. The van der Waals surface area contributed by atoms with E-state index in [1.54, 1.807) is 23.6 Å². The molecule has 0 aliphatic carbocycles. The van der Waals surface area contributed by atoms with E-state index in [9.17, 15) is 14.7 Å². The molecule has 1 N–H and O–H groups in total. The summed E-state index contributed by atoms with van der Waals surface area (Å²) >= 11 is 2.95. The van der Waals surface area contributed by atoms with Crippen molar-refractivity contribution in [3.63, 3.8) is 0 Å². The number of hydrogen-bond donors (Lipinski definition) is 1. The summed E-state index contributed by atoms with van der Waals surface area (Å²) in [4.78, 5) is 29.5. The predicted octanol–water partition coefficient (Wildman–Crippen LogP) is 3.20. The first kappa shape index (κ1) is 15.7. The maximum Gasteiger partial charge on any atom is 0.329 e. The van der Waals surface area contributed by atoms with Crippen molar-refractivity contribution in [2.45, 2.75) is 26.3 Å². The molecule has 0 atom stereocenters. The maximum atomic E-state index is 12.5. The maximum absolute atomic E-state index is 12.5. The molecule has 0 saturated carbocycles. The van der Waals surface area contributed by atoms with Crippen LogP contribution in [-0.2, 0) is 4.79 Å². The van der Waals surface area contributed by atoms with Crippen molar-refractivity contribution in [3.05, 3.63) is 27.9 Å². The highest BCUT2D eigenvalue weighted by Crippen LogP contribution is 2.27. The number of nitrogens with zero attached hydrogens (tertiary/aromatic N) is 2. The molecule has 0 fully saturated rings. The Labute approximate surface area is 130 Å². The normalized spacial score (nSPS) is 11.4. The standard InChI is InChI=1S/C14H16N2O3S2/c1-4-16(14(2,3)13(18)19)12(17)10-8-21-11(15-10)9-5-6-20-7-9/h5-8H,4H2,1-3H3,(H,18,19). The Kier molecular flexibility index (Phi) is 4.43. The van der Waals surface area contributed by atoms with Gasteiger partial charge in [-0.3, -0.25) is 4.79 Å². The van der Waals surface area contributed by atoms with Crippen LogP contribution in [-0.4, -0.2) is 39.0 Å². The lowest BCUT2D eigenvalue weighted by Crippen LogP contribution is -2.53. The molecule has 1 amide bonds. The van der Waals surface area contributed by atoms with E-state index in [0.29, 0.717) is 6.54 Å². The SMILES string of the molecule is CCN(C(=O)c1csc(-c2ccsc2)n1)C(C)(C)C(=O)O. The Balaban J connectivity index is 2.29.